The number of nitrogens with zero attached hydrogens (tertiary/aromatic N) is 2. The monoisotopic (exact) mass is 417 g/mol. The Labute approximate surface area is 171 Å². The van der Waals surface area contributed by atoms with Crippen molar-refractivity contribution in [1.82, 2.24) is 9.55 Å². The number of hydrogen-bond acceptors (Lipinski definition) is 6. The van der Waals surface area contributed by atoms with Crippen LogP contribution in [-0.2, 0) is 16.1 Å². The average molecular weight is 418 g/mol. The molecule has 148 valence electrons. The molecule has 0 aliphatic carbocycles. The van der Waals surface area contributed by atoms with Crippen molar-refractivity contribution in [1.29, 1.82) is 0 Å². The van der Waals surface area contributed by atoms with Crippen LogP contribution in [0, 0.1) is 20.8 Å². The Bertz CT molecular complexity index is 1070. The van der Waals surface area contributed by atoms with Crippen LogP contribution in [0.4, 0.5) is 5.69 Å². The van der Waals surface area contributed by atoms with Crippen molar-refractivity contribution in [3.05, 3.63) is 50.6 Å². The molecule has 0 spiro atoms. The van der Waals surface area contributed by atoms with E-state index in [1.165, 1.54) is 23.1 Å². The number of ether oxygens (including phenoxy) is 1. The van der Waals surface area contributed by atoms with Gasteiger partial charge in [-0.25, -0.2) is 4.98 Å². The fraction of sp³-hybridized carbons (Fsp3) is 0.350. The fourth-order valence-corrected chi connectivity index (χ4v) is 4.74. The van der Waals surface area contributed by atoms with Crippen LogP contribution in [0.15, 0.2) is 34.2 Å². The molecule has 0 atom stereocenters. The number of fused-ring (bicyclic) bond motifs is 1. The normalized spacial score (nSPS) is 11.1. The van der Waals surface area contributed by atoms with E-state index in [-0.39, 0.29) is 17.2 Å². The highest BCUT2D eigenvalue weighted by Crippen LogP contribution is 2.28. The van der Waals surface area contributed by atoms with Crippen LogP contribution in [0.2, 0.25) is 0 Å². The van der Waals surface area contributed by atoms with Gasteiger partial charge < -0.3 is 10.1 Å². The number of rotatable bonds is 7. The van der Waals surface area contributed by atoms with Crippen molar-refractivity contribution in [2.75, 3.05) is 24.8 Å². The summed E-state index contributed by atoms with van der Waals surface area (Å²) in [7, 11) is 1.60. The first-order chi connectivity index (χ1) is 13.4. The van der Waals surface area contributed by atoms with E-state index < -0.39 is 0 Å². The number of thiophene rings is 1. The molecule has 0 saturated heterocycles. The molecule has 0 bridgehead atoms. The summed E-state index contributed by atoms with van der Waals surface area (Å²) >= 11 is 2.77. The Hall–Kier alpha value is -2.16. The Morgan fingerprint density at radius 2 is 2.11 bits per heavy atom. The molecule has 3 aromatic rings. The maximum atomic E-state index is 13.0. The third kappa shape index (κ3) is 4.45. The summed E-state index contributed by atoms with van der Waals surface area (Å²) < 4.78 is 6.75. The zero-order valence-corrected chi connectivity index (χ0v) is 18.0. The summed E-state index contributed by atoms with van der Waals surface area (Å²) in [4.78, 5) is 31.9. The van der Waals surface area contributed by atoms with Gasteiger partial charge in [-0.1, -0.05) is 23.9 Å². The van der Waals surface area contributed by atoms with Crippen molar-refractivity contribution in [2.45, 2.75) is 32.5 Å². The van der Waals surface area contributed by atoms with Gasteiger partial charge in [0.15, 0.2) is 5.16 Å². The molecule has 2 heterocycles. The third-order valence-corrected chi connectivity index (χ3v) is 6.48. The first kappa shape index (κ1) is 20.6. The fourth-order valence-electron chi connectivity index (χ4n) is 2.85. The number of aryl methyl sites for hydroxylation is 3. The Morgan fingerprint density at radius 3 is 2.82 bits per heavy atom. The molecule has 28 heavy (non-hydrogen) atoms. The number of thioether (sulfide) groups is 1. The number of carbonyl (C=O) groups excluding carboxylic acids is 1. The summed E-state index contributed by atoms with van der Waals surface area (Å²) in [6.07, 6.45) is 0. The van der Waals surface area contributed by atoms with E-state index in [4.69, 9.17) is 4.74 Å². The second-order valence-corrected chi connectivity index (χ2v) is 8.66. The van der Waals surface area contributed by atoms with Gasteiger partial charge in [0.2, 0.25) is 5.91 Å². The van der Waals surface area contributed by atoms with Gasteiger partial charge in [0.25, 0.3) is 5.56 Å². The summed E-state index contributed by atoms with van der Waals surface area (Å²) in [6, 6.07) is 7.64. The lowest BCUT2D eigenvalue weighted by atomic mass is 10.2. The SMILES string of the molecule is COCCn1c(SCC(=O)Nc2cccc(C)c2)nc2sc(C)c(C)c2c1=O. The number of methoxy groups -OCH3 is 1. The number of benzene rings is 1. The van der Waals surface area contributed by atoms with Gasteiger partial charge in [-0.2, -0.15) is 0 Å². The van der Waals surface area contributed by atoms with Gasteiger partial charge in [0, 0.05) is 17.7 Å². The molecule has 0 saturated carbocycles. The van der Waals surface area contributed by atoms with E-state index in [9.17, 15) is 9.59 Å². The molecular weight excluding hydrogens is 394 g/mol. The van der Waals surface area contributed by atoms with E-state index in [0.717, 1.165) is 26.5 Å². The Balaban J connectivity index is 1.84. The van der Waals surface area contributed by atoms with Crippen LogP contribution in [0.5, 0.6) is 0 Å². The van der Waals surface area contributed by atoms with E-state index in [0.29, 0.717) is 23.7 Å². The molecule has 8 heteroatoms. The third-order valence-electron chi connectivity index (χ3n) is 4.41. The zero-order chi connectivity index (χ0) is 20.3. The molecule has 0 aliphatic heterocycles. The lowest BCUT2D eigenvalue weighted by molar-refractivity contribution is -0.113. The average Bonchev–Trinajstić information content (AvgIpc) is 2.93. The first-order valence-electron chi connectivity index (χ1n) is 8.89. The second kappa shape index (κ2) is 8.89. The number of anilines is 1. The summed E-state index contributed by atoms with van der Waals surface area (Å²) in [5.41, 5.74) is 2.73. The van der Waals surface area contributed by atoms with Gasteiger partial charge >= 0.3 is 0 Å². The standard InChI is InChI=1S/C20H23N3O3S2/c1-12-6-5-7-15(10-12)21-16(24)11-27-20-22-18-17(13(2)14(3)28-18)19(25)23(20)8-9-26-4/h5-7,10H,8-9,11H2,1-4H3,(H,21,24). The predicted octanol–water partition coefficient (Wildman–Crippen LogP) is 3.76. The molecule has 6 nitrogen and oxygen atoms in total. The van der Waals surface area contributed by atoms with E-state index in [1.807, 2.05) is 45.0 Å². The molecule has 0 radical (unpaired) electrons. The Morgan fingerprint density at radius 1 is 1.32 bits per heavy atom. The summed E-state index contributed by atoms with van der Waals surface area (Å²) in [6.45, 7) is 6.71. The molecule has 0 aliphatic rings. The minimum absolute atomic E-state index is 0.0782. The number of nitrogens with one attached hydrogen (secondary N) is 1. The first-order valence-corrected chi connectivity index (χ1v) is 10.7. The highest BCUT2D eigenvalue weighted by molar-refractivity contribution is 7.99. The molecule has 0 unspecified atom stereocenters. The second-order valence-electron chi connectivity index (χ2n) is 6.51. The van der Waals surface area contributed by atoms with Crippen molar-refractivity contribution < 1.29 is 9.53 Å². The summed E-state index contributed by atoms with van der Waals surface area (Å²) in [5, 5.41) is 4.08. The Kier molecular flexibility index (Phi) is 6.53. The number of hydrogen-bond donors (Lipinski definition) is 1. The quantitative estimate of drug-likeness (QED) is 0.468. The number of amides is 1. The van der Waals surface area contributed by atoms with Crippen LogP contribution >= 0.6 is 23.1 Å². The lowest BCUT2D eigenvalue weighted by Crippen LogP contribution is -2.26. The number of aromatic nitrogens is 2. The van der Waals surface area contributed by atoms with E-state index in [2.05, 4.69) is 10.3 Å². The maximum Gasteiger partial charge on any atom is 0.263 e. The predicted molar refractivity (Wildman–Crippen MR) is 116 cm³/mol. The van der Waals surface area contributed by atoms with Gasteiger partial charge in [0.05, 0.1) is 24.3 Å². The van der Waals surface area contributed by atoms with E-state index in [1.54, 1.807) is 11.7 Å². The van der Waals surface area contributed by atoms with Gasteiger partial charge in [-0.3, -0.25) is 14.2 Å². The molecule has 0 fully saturated rings. The van der Waals surface area contributed by atoms with Gasteiger partial charge in [-0.15, -0.1) is 11.3 Å². The van der Waals surface area contributed by atoms with Gasteiger partial charge in [-0.05, 0) is 44.0 Å². The van der Waals surface area contributed by atoms with E-state index >= 15 is 0 Å². The highest BCUT2D eigenvalue weighted by atomic mass is 32.2. The molecule has 2 aromatic heterocycles. The molecule has 3 rings (SSSR count). The maximum absolute atomic E-state index is 13.0. The minimum Gasteiger partial charge on any atom is -0.383 e. The van der Waals surface area contributed by atoms with Crippen molar-refractivity contribution in [3.8, 4) is 0 Å². The van der Waals surface area contributed by atoms with Crippen molar-refractivity contribution >= 4 is 44.9 Å². The van der Waals surface area contributed by atoms with Crippen molar-refractivity contribution in [3.63, 3.8) is 0 Å². The van der Waals surface area contributed by atoms with Crippen LogP contribution < -0.4 is 10.9 Å². The molecule has 1 aromatic carbocycles. The van der Waals surface area contributed by atoms with Crippen LogP contribution in [0.1, 0.15) is 16.0 Å². The topological polar surface area (TPSA) is 73.2 Å². The minimum atomic E-state index is -0.137. The van der Waals surface area contributed by atoms with Gasteiger partial charge in [0.1, 0.15) is 4.83 Å². The highest BCUT2D eigenvalue weighted by Gasteiger charge is 2.17. The lowest BCUT2D eigenvalue weighted by Gasteiger charge is -2.12. The smallest absolute Gasteiger partial charge is 0.263 e. The van der Waals surface area contributed by atoms with Crippen LogP contribution in [-0.4, -0.2) is 34.9 Å². The van der Waals surface area contributed by atoms with Crippen molar-refractivity contribution in [2.24, 2.45) is 0 Å². The summed E-state index contributed by atoms with van der Waals surface area (Å²) in [5.74, 6) is 0.0316. The van der Waals surface area contributed by atoms with Crippen LogP contribution in [0.3, 0.4) is 0 Å². The molecular formula is C20H23N3O3S2. The molecule has 1 amide bonds. The zero-order valence-electron chi connectivity index (χ0n) is 16.4. The number of carbonyl (C=O) groups is 1. The van der Waals surface area contributed by atoms with Crippen LogP contribution in [0.25, 0.3) is 10.2 Å². The largest absolute Gasteiger partial charge is 0.383 e. The molecule has 1 N–H and O–H groups in total.